The van der Waals surface area contributed by atoms with Gasteiger partial charge < -0.3 is 29.3 Å². The van der Waals surface area contributed by atoms with Crippen LogP contribution < -0.4 is 24.8 Å². The molecule has 2 aliphatic rings. The highest BCUT2D eigenvalue weighted by atomic mass is 16.8. The molecule has 0 aliphatic carbocycles. The first-order valence-corrected chi connectivity index (χ1v) is 15.4. The van der Waals surface area contributed by atoms with Gasteiger partial charge in [-0.3, -0.25) is 10.3 Å². The normalized spacial score (nSPS) is 20.9. The van der Waals surface area contributed by atoms with E-state index >= 15 is 0 Å². The van der Waals surface area contributed by atoms with E-state index in [2.05, 4.69) is 51.3 Å². The second-order valence-electron chi connectivity index (χ2n) is 11.6. The van der Waals surface area contributed by atoms with E-state index in [1.807, 2.05) is 50.2 Å². The Labute approximate surface area is 259 Å². The number of hydrogen-bond donors (Lipinski definition) is 2. The maximum absolute atomic E-state index is 12.5. The number of rotatable bonds is 12. The summed E-state index contributed by atoms with van der Waals surface area (Å²) in [5.74, 6) is 0.150. The molecule has 2 aromatic carbocycles. The molecule has 3 unspecified atom stereocenters. The fourth-order valence-corrected chi connectivity index (χ4v) is 5.38. The third-order valence-electron chi connectivity index (χ3n) is 8.33. The monoisotopic (exact) mass is 604 g/mol. The van der Waals surface area contributed by atoms with Crippen LogP contribution in [0.3, 0.4) is 0 Å². The number of piperazine rings is 1. The SMILES string of the molecule is CCC(C)NC(=O)N(C=N)c1ccc(N2CCN(c3ccc(OCC4COC(Cn5nccn5)(C(C)C)O4)cc3)CC2)cc1. The zero-order chi connectivity index (χ0) is 31.1. The van der Waals surface area contributed by atoms with Gasteiger partial charge in [0.15, 0.2) is 5.79 Å². The van der Waals surface area contributed by atoms with Crippen LogP contribution in [0.2, 0.25) is 0 Å². The summed E-state index contributed by atoms with van der Waals surface area (Å²) in [5, 5.41) is 19.0. The Bertz CT molecular complexity index is 1340. The summed E-state index contributed by atoms with van der Waals surface area (Å²) in [4.78, 5) is 20.2. The third kappa shape index (κ3) is 7.31. The van der Waals surface area contributed by atoms with Gasteiger partial charge >= 0.3 is 6.03 Å². The molecule has 2 N–H and O–H groups in total. The van der Waals surface area contributed by atoms with E-state index in [9.17, 15) is 4.79 Å². The van der Waals surface area contributed by atoms with Crippen LogP contribution in [0.5, 0.6) is 5.75 Å². The molecule has 12 heteroatoms. The lowest BCUT2D eigenvalue weighted by molar-refractivity contribution is -0.211. The maximum atomic E-state index is 12.5. The first-order valence-electron chi connectivity index (χ1n) is 15.4. The van der Waals surface area contributed by atoms with E-state index in [1.54, 1.807) is 17.2 Å². The molecular formula is C32H44N8O4. The fourth-order valence-electron chi connectivity index (χ4n) is 5.38. The summed E-state index contributed by atoms with van der Waals surface area (Å²) in [6.07, 6.45) is 5.01. The van der Waals surface area contributed by atoms with Crippen LogP contribution in [0.4, 0.5) is 21.9 Å². The highest BCUT2D eigenvalue weighted by molar-refractivity contribution is 6.06. The van der Waals surface area contributed by atoms with Gasteiger partial charge in [0.05, 0.1) is 31.0 Å². The number of hydrogen-bond acceptors (Lipinski definition) is 9. The molecule has 0 bridgehead atoms. The van der Waals surface area contributed by atoms with Gasteiger partial charge in [0.1, 0.15) is 25.0 Å². The quantitative estimate of drug-likeness (QED) is 0.231. The number of nitrogens with zero attached hydrogens (tertiary/aromatic N) is 6. The Hall–Kier alpha value is -4.16. The molecule has 3 atom stereocenters. The average molecular weight is 605 g/mol. The smallest absolute Gasteiger partial charge is 0.327 e. The number of aromatic nitrogens is 3. The first-order chi connectivity index (χ1) is 21.3. The zero-order valence-corrected chi connectivity index (χ0v) is 26.1. The molecule has 44 heavy (non-hydrogen) atoms. The van der Waals surface area contributed by atoms with Gasteiger partial charge in [-0.15, -0.1) is 0 Å². The molecule has 2 aliphatic heterocycles. The van der Waals surface area contributed by atoms with E-state index in [1.165, 1.54) is 4.90 Å². The molecule has 0 radical (unpaired) electrons. The van der Waals surface area contributed by atoms with Crippen molar-refractivity contribution in [3.05, 3.63) is 60.9 Å². The highest BCUT2D eigenvalue weighted by Gasteiger charge is 2.45. The minimum atomic E-state index is -0.772. The van der Waals surface area contributed by atoms with Gasteiger partial charge in [0.25, 0.3) is 0 Å². The summed E-state index contributed by atoms with van der Waals surface area (Å²) < 4.78 is 18.5. The molecule has 1 aromatic heterocycles. The topological polar surface area (TPSA) is 121 Å². The van der Waals surface area contributed by atoms with Gasteiger partial charge in [-0.05, 0) is 61.9 Å². The third-order valence-corrected chi connectivity index (χ3v) is 8.33. The Morgan fingerprint density at radius 2 is 1.64 bits per heavy atom. The van der Waals surface area contributed by atoms with Crippen molar-refractivity contribution in [3.63, 3.8) is 0 Å². The molecule has 2 amide bonds. The number of anilines is 3. The van der Waals surface area contributed by atoms with E-state index in [-0.39, 0.29) is 24.1 Å². The summed E-state index contributed by atoms with van der Waals surface area (Å²) in [7, 11) is 0. The van der Waals surface area contributed by atoms with E-state index < -0.39 is 5.79 Å². The van der Waals surface area contributed by atoms with Crippen molar-refractivity contribution in [2.45, 2.75) is 58.6 Å². The van der Waals surface area contributed by atoms with Crippen molar-refractivity contribution in [2.75, 3.05) is 54.1 Å². The van der Waals surface area contributed by atoms with Crippen LogP contribution in [0.1, 0.15) is 34.1 Å². The van der Waals surface area contributed by atoms with Crippen molar-refractivity contribution in [2.24, 2.45) is 5.92 Å². The average Bonchev–Trinajstić information content (AvgIpc) is 3.72. The largest absolute Gasteiger partial charge is 0.491 e. The standard InChI is InChI=1S/C32H44N8O4/c1-5-25(4)36-31(41)39(23-33)28-8-6-26(7-9-28)37-16-18-38(19-17-37)27-10-12-29(13-11-27)42-20-30-21-43-32(44-30,24(2)3)22-40-34-14-15-35-40/h6-15,23-25,30,33H,5,16-22H2,1-4H3,(H,36,41). The van der Waals surface area contributed by atoms with Crippen molar-refractivity contribution in [1.82, 2.24) is 20.3 Å². The van der Waals surface area contributed by atoms with Crippen molar-refractivity contribution < 1.29 is 19.0 Å². The lowest BCUT2D eigenvalue weighted by Gasteiger charge is -2.37. The fraction of sp³-hybridized carbons (Fsp3) is 0.500. The van der Waals surface area contributed by atoms with Crippen molar-refractivity contribution in [1.29, 1.82) is 5.41 Å². The first kappa shape index (κ1) is 31.3. The summed E-state index contributed by atoms with van der Waals surface area (Å²) in [6, 6.07) is 15.8. The molecule has 3 heterocycles. The van der Waals surface area contributed by atoms with E-state index in [4.69, 9.17) is 19.6 Å². The number of amides is 2. The number of urea groups is 1. The minimum absolute atomic E-state index is 0.0495. The van der Waals surface area contributed by atoms with Crippen molar-refractivity contribution in [3.8, 4) is 5.75 Å². The van der Waals surface area contributed by atoms with Gasteiger partial charge in [-0.2, -0.15) is 15.0 Å². The number of carbonyl (C=O) groups is 1. The Morgan fingerprint density at radius 1 is 1.05 bits per heavy atom. The zero-order valence-electron chi connectivity index (χ0n) is 26.1. The number of carbonyl (C=O) groups excluding carboxylic acids is 1. The molecule has 2 saturated heterocycles. The number of nitrogens with one attached hydrogen (secondary N) is 2. The van der Waals surface area contributed by atoms with E-state index in [0.29, 0.717) is 25.4 Å². The summed E-state index contributed by atoms with van der Waals surface area (Å²) >= 11 is 0. The summed E-state index contributed by atoms with van der Waals surface area (Å²) in [6.45, 7) is 12.9. The predicted molar refractivity (Wildman–Crippen MR) is 171 cm³/mol. The van der Waals surface area contributed by atoms with Crippen LogP contribution in [0.15, 0.2) is 60.9 Å². The Kier molecular flexibility index (Phi) is 10.0. The lowest BCUT2D eigenvalue weighted by atomic mass is 10.0. The summed E-state index contributed by atoms with van der Waals surface area (Å²) in [5.41, 5.74) is 2.93. The number of ether oxygens (including phenoxy) is 3. The van der Waals surface area contributed by atoms with Crippen LogP contribution in [0.25, 0.3) is 0 Å². The second kappa shape index (κ2) is 14.1. The molecule has 5 rings (SSSR count). The molecule has 0 saturated carbocycles. The van der Waals surface area contributed by atoms with Crippen LogP contribution in [-0.2, 0) is 16.0 Å². The Balaban J connectivity index is 1.09. The van der Waals surface area contributed by atoms with Crippen molar-refractivity contribution >= 4 is 29.4 Å². The van der Waals surface area contributed by atoms with Crippen LogP contribution >= 0.6 is 0 Å². The predicted octanol–water partition coefficient (Wildman–Crippen LogP) is 4.37. The number of benzene rings is 2. The van der Waals surface area contributed by atoms with Crippen LogP contribution in [0, 0.1) is 11.3 Å². The van der Waals surface area contributed by atoms with Crippen LogP contribution in [-0.4, -0.2) is 84.7 Å². The van der Waals surface area contributed by atoms with Gasteiger partial charge in [0, 0.05) is 49.5 Å². The second-order valence-corrected chi connectivity index (χ2v) is 11.6. The molecule has 236 valence electrons. The van der Waals surface area contributed by atoms with Gasteiger partial charge in [-0.1, -0.05) is 20.8 Å². The van der Waals surface area contributed by atoms with Gasteiger partial charge in [-0.25, -0.2) is 4.79 Å². The molecule has 2 fully saturated rings. The molecule has 3 aromatic rings. The minimum Gasteiger partial charge on any atom is -0.491 e. The lowest BCUT2D eigenvalue weighted by Crippen LogP contribution is -2.46. The molecular weight excluding hydrogens is 560 g/mol. The van der Waals surface area contributed by atoms with E-state index in [0.717, 1.165) is 56.1 Å². The molecule has 12 nitrogen and oxygen atoms in total. The van der Waals surface area contributed by atoms with Gasteiger partial charge in [0.2, 0.25) is 0 Å². The Morgan fingerprint density at radius 3 is 2.18 bits per heavy atom. The maximum Gasteiger partial charge on any atom is 0.327 e. The highest BCUT2D eigenvalue weighted by Crippen LogP contribution is 2.33. The molecule has 0 spiro atoms.